The number of hydrogen-bond donors (Lipinski definition) is 2. The molecular formula is C28H40N8OS. The van der Waals surface area contributed by atoms with Crippen LogP contribution in [-0.2, 0) is 11.2 Å². The average Bonchev–Trinajstić information content (AvgIpc) is 3.34. The largest absolute Gasteiger partial charge is 0.381 e. The van der Waals surface area contributed by atoms with Gasteiger partial charge in [-0.25, -0.2) is 4.98 Å². The first kappa shape index (κ1) is 24.7. The van der Waals surface area contributed by atoms with Crippen molar-refractivity contribution in [3.05, 3.63) is 17.4 Å². The molecule has 7 rings (SSSR count). The van der Waals surface area contributed by atoms with Crippen LogP contribution >= 0.6 is 11.3 Å². The zero-order chi connectivity index (χ0) is 25.5. The van der Waals surface area contributed by atoms with Crippen LogP contribution in [0.4, 0.5) is 17.5 Å². The summed E-state index contributed by atoms with van der Waals surface area (Å²) >= 11 is 1.67. The molecule has 1 spiro atoms. The minimum absolute atomic E-state index is 0.392. The summed E-state index contributed by atoms with van der Waals surface area (Å²) in [7, 11) is 0. The van der Waals surface area contributed by atoms with E-state index in [1.54, 1.807) is 11.3 Å². The smallest absolute Gasteiger partial charge is 0.230 e. The van der Waals surface area contributed by atoms with Crippen LogP contribution in [0.3, 0.4) is 0 Å². The maximum Gasteiger partial charge on any atom is 0.230 e. The van der Waals surface area contributed by atoms with Crippen molar-refractivity contribution >= 4 is 39.1 Å². The van der Waals surface area contributed by atoms with Crippen molar-refractivity contribution in [1.29, 1.82) is 0 Å². The molecule has 2 aliphatic heterocycles. The number of aromatic nitrogens is 5. The Balaban J connectivity index is 1.04. The van der Waals surface area contributed by atoms with Crippen molar-refractivity contribution in [2.75, 3.05) is 36.9 Å². The minimum atomic E-state index is 0.392. The van der Waals surface area contributed by atoms with E-state index in [0.29, 0.717) is 18.0 Å². The molecule has 0 unspecified atom stereocenters. The lowest BCUT2D eigenvalue weighted by Gasteiger charge is -2.41. The van der Waals surface area contributed by atoms with Gasteiger partial charge in [0.05, 0.1) is 22.9 Å². The molecular weight excluding hydrogens is 496 g/mol. The molecule has 4 fully saturated rings. The number of ether oxygens (including phenoxy) is 1. The van der Waals surface area contributed by atoms with E-state index in [4.69, 9.17) is 19.7 Å². The fraction of sp³-hybridized carbons (Fsp3) is 0.714. The number of nitrogens with zero attached hydrogens (tertiary/aromatic N) is 6. The summed E-state index contributed by atoms with van der Waals surface area (Å²) < 4.78 is 7.56. The van der Waals surface area contributed by atoms with Gasteiger partial charge in [0, 0.05) is 31.5 Å². The summed E-state index contributed by atoms with van der Waals surface area (Å²) in [5.41, 5.74) is 2.58. The van der Waals surface area contributed by atoms with Gasteiger partial charge in [-0.1, -0.05) is 18.3 Å². The number of likely N-dealkylation sites (tertiary alicyclic amines) is 1. The van der Waals surface area contributed by atoms with Gasteiger partial charge in [-0.15, -0.1) is 0 Å². The molecule has 5 heterocycles. The van der Waals surface area contributed by atoms with Crippen LogP contribution in [-0.4, -0.2) is 68.0 Å². The van der Waals surface area contributed by atoms with Crippen LogP contribution in [0.5, 0.6) is 0 Å². The van der Waals surface area contributed by atoms with Gasteiger partial charge in [0.25, 0.3) is 0 Å². The number of rotatable bonds is 7. The lowest BCUT2D eigenvalue weighted by molar-refractivity contribution is 0.0662. The summed E-state index contributed by atoms with van der Waals surface area (Å²) in [6, 6.07) is 1.58. The molecule has 2 saturated carbocycles. The van der Waals surface area contributed by atoms with Gasteiger partial charge < -0.3 is 20.3 Å². The third-order valence-electron chi connectivity index (χ3n) is 9.40. The fourth-order valence-corrected chi connectivity index (χ4v) is 7.55. The van der Waals surface area contributed by atoms with E-state index in [2.05, 4.69) is 38.4 Å². The fourth-order valence-electron chi connectivity index (χ4n) is 6.67. The summed E-state index contributed by atoms with van der Waals surface area (Å²) in [5.74, 6) is 1.47. The Morgan fingerprint density at radius 1 is 0.974 bits per heavy atom. The molecule has 0 radical (unpaired) electrons. The van der Waals surface area contributed by atoms with E-state index in [-0.39, 0.29) is 0 Å². The number of anilines is 3. The Morgan fingerprint density at radius 2 is 1.76 bits per heavy atom. The number of hydrogen-bond acceptors (Lipinski definition) is 9. The topological polar surface area (TPSA) is 93.0 Å². The lowest BCUT2D eigenvalue weighted by Crippen LogP contribution is -2.45. The monoisotopic (exact) mass is 536 g/mol. The maximum absolute atomic E-state index is 5.51. The van der Waals surface area contributed by atoms with Crippen LogP contribution in [0.15, 0.2) is 12.4 Å². The number of aryl methyl sites for hydroxylation is 1. The molecule has 2 N–H and O–H groups in total. The predicted molar refractivity (Wildman–Crippen MR) is 151 cm³/mol. The highest BCUT2D eigenvalue weighted by Crippen LogP contribution is 2.54. The first-order chi connectivity index (χ1) is 18.7. The highest BCUT2D eigenvalue weighted by molar-refractivity contribution is 7.18. The van der Waals surface area contributed by atoms with Crippen molar-refractivity contribution < 1.29 is 4.74 Å². The number of fused-ring (bicyclic) bond motifs is 1. The summed E-state index contributed by atoms with van der Waals surface area (Å²) in [6.07, 6.45) is 17.6. The first-order valence-corrected chi connectivity index (χ1v) is 15.5. The Morgan fingerprint density at radius 3 is 2.50 bits per heavy atom. The van der Waals surface area contributed by atoms with Gasteiger partial charge in [-0.05, 0) is 89.1 Å². The van der Waals surface area contributed by atoms with Gasteiger partial charge in [0.15, 0.2) is 10.6 Å². The van der Waals surface area contributed by atoms with Gasteiger partial charge in [0.1, 0.15) is 5.52 Å². The normalized spacial score (nSPS) is 26.1. The number of nitrogens with one attached hydrogen (secondary N) is 2. The maximum atomic E-state index is 5.51. The highest BCUT2D eigenvalue weighted by Gasteiger charge is 2.45. The molecule has 0 amide bonds. The summed E-state index contributed by atoms with van der Waals surface area (Å²) in [5, 5.41) is 12.9. The SMILES string of the molecule is CCc1nc2c(NC3CCC(N4CCC5(CC4)CC5)CC3)nc(Nc3cnn(C4CCOCC4)c3)nc2s1. The van der Waals surface area contributed by atoms with E-state index >= 15 is 0 Å². The molecule has 3 aromatic rings. The van der Waals surface area contributed by atoms with E-state index in [9.17, 15) is 0 Å². The van der Waals surface area contributed by atoms with Crippen LogP contribution in [0, 0.1) is 5.41 Å². The van der Waals surface area contributed by atoms with Gasteiger partial charge >= 0.3 is 0 Å². The third kappa shape index (κ3) is 5.14. The summed E-state index contributed by atoms with van der Waals surface area (Å²) in [6.45, 7) is 6.37. The highest BCUT2D eigenvalue weighted by atomic mass is 32.1. The molecule has 2 saturated heterocycles. The zero-order valence-corrected chi connectivity index (χ0v) is 23.3. The molecule has 0 bridgehead atoms. The van der Waals surface area contributed by atoms with E-state index in [1.165, 1.54) is 64.5 Å². The second kappa shape index (κ2) is 10.4. The average molecular weight is 537 g/mol. The van der Waals surface area contributed by atoms with Gasteiger partial charge in [-0.2, -0.15) is 15.1 Å². The molecule has 9 nitrogen and oxygen atoms in total. The molecule has 0 atom stereocenters. The standard InChI is InChI=1S/C28H40N8OS/c1-2-23-32-24-25(30-19-3-5-21(6-4-19)35-13-11-28(9-10-28)12-14-35)33-27(34-26(24)38-23)31-20-17-29-36(18-20)22-7-15-37-16-8-22/h17-19,21-22H,2-16H2,1H3,(H2,30,31,33,34). The third-order valence-corrected chi connectivity index (χ3v) is 10.5. The van der Waals surface area contributed by atoms with E-state index in [1.807, 2.05) is 6.20 Å². The van der Waals surface area contributed by atoms with Crippen LogP contribution < -0.4 is 10.6 Å². The Hall–Kier alpha value is -2.30. The van der Waals surface area contributed by atoms with E-state index in [0.717, 1.165) is 70.8 Å². The Kier molecular flexibility index (Phi) is 6.73. The van der Waals surface area contributed by atoms with Crippen LogP contribution in [0.25, 0.3) is 10.3 Å². The quantitative estimate of drug-likeness (QED) is 0.407. The molecule has 0 aromatic carbocycles. The second-order valence-electron chi connectivity index (χ2n) is 11.9. The van der Waals surface area contributed by atoms with Crippen molar-refractivity contribution in [2.45, 2.75) is 95.7 Å². The Bertz CT molecular complexity index is 1250. The number of piperidine rings is 1. The van der Waals surface area contributed by atoms with Gasteiger partial charge in [-0.3, -0.25) is 4.68 Å². The number of thiazole rings is 1. The molecule has 204 valence electrons. The molecule has 2 aliphatic carbocycles. The Labute approximate surface area is 228 Å². The van der Waals surface area contributed by atoms with E-state index < -0.39 is 0 Å². The van der Waals surface area contributed by atoms with Gasteiger partial charge in [0.2, 0.25) is 5.95 Å². The van der Waals surface area contributed by atoms with Crippen molar-refractivity contribution in [3.63, 3.8) is 0 Å². The van der Waals surface area contributed by atoms with Crippen molar-refractivity contribution in [1.82, 2.24) is 29.6 Å². The van der Waals surface area contributed by atoms with Crippen molar-refractivity contribution in [3.8, 4) is 0 Å². The van der Waals surface area contributed by atoms with Crippen molar-refractivity contribution in [2.24, 2.45) is 5.41 Å². The van der Waals surface area contributed by atoms with Crippen LogP contribution in [0.1, 0.15) is 82.2 Å². The predicted octanol–water partition coefficient (Wildman–Crippen LogP) is 5.54. The second-order valence-corrected chi connectivity index (χ2v) is 12.9. The molecule has 10 heteroatoms. The summed E-state index contributed by atoms with van der Waals surface area (Å²) in [4.78, 5) is 18.4. The lowest BCUT2D eigenvalue weighted by atomic mass is 9.87. The minimum Gasteiger partial charge on any atom is -0.381 e. The first-order valence-electron chi connectivity index (χ1n) is 14.7. The van der Waals surface area contributed by atoms with Crippen LogP contribution in [0.2, 0.25) is 0 Å². The zero-order valence-electron chi connectivity index (χ0n) is 22.5. The molecule has 3 aromatic heterocycles. The molecule has 38 heavy (non-hydrogen) atoms. The molecule has 4 aliphatic rings.